The molecule has 14 aromatic rings. The van der Waals surface area contributed by atoms with Gasteiger partial charge in [0.25, 0.3) is 0 Å². The number of hydrogen-bond donors (Lipinski definition) is 0. The molecule has 0 unspecified atom stereocenters. The minimum absolute atomic E-state index is 0.441. The average molecular weight is 945 g/mol. The van der Waals surface area contributed by atoms with Gasteiger partial charge in [-0.15, -0.1) is 22.7 Å². The van der Waals surface area contributed by atoms with Gasteiger partial charge in [-0.05, 0) is 170 Å². The molecule has 0 saturated heterocycles. The fourth-order valence-electron chi connectivity index (χ4n) is 10.4. The molecule has 0 bridgehead atoms. The van der Waals surface area contributed by atoms with Crippen molar-refractivity contribution in [1.29, 1.82) is 0 Å². The molecule has 0 spiro atoms. The zero-order valence-corrected chi connectivity index (χ0v) is 38.7. The lowest BCUT2D eigenvalue weighted by molar-refractivity contribution is 0.583. The standard InChI is InChI=1S/C34H20S2.C30H16F4/c1-7-15-31-21(9-1)17-33(35-31)29-19-27-24-12-4-6-14-26(24)30(20-28(27)23-11-3-5-13-25(23)29)34-18-22-10-2-8-16-32(22)36-34;31-19-9-17(10-20(32)13-19)27-15-30-26-8-4-2-6-24(26)28(18-11-21(33)14-22(34)12-18)16-29(30)25-7-3-1-5-23(25)27/h1-20H;1-16H. The van der Waals surface area contributed by atoms with Crippen molar-refractivity contribution in [3.8, 4) is 43.1 Å². The Balaban J connectivity index is 0.000000138. The molecule has 0 radical (unpaired) electrons. The Morgan fingerprint density at radius 2 is 0.500 bits per heavy atom. The van der Waals surface area contributed by atoms with Gasteiger partial charge in [-0.25, -0.2) is 17.6 Å². The largest absolute Gasteiger partial charge is 0.207 e. The highest BCUT2D eigenvalue weighted by molar-refractivity contribution is 7.22. The highest BCUT2D eigenvalue weighted by Gasteiger charge is 2.19. The quantitative estimate of drug-likeness (QED) is 0.122. The van der Waals surface area contributed by atoms with E-state index in [9.17, 15) is 17.6 Å². The Morgan fingerprint density at radius 3 is 0.829 bits per heavy atom. The predicted molar refractivity (Wildman–Crippen MR) is 290 cm³/mol. The molecular formula is C64H36F4S2. The minimum atomic E-state index is -0.646. The number of benzene rings is 12. The lowest BCUT2D eigenvalue weighted by Gasteiger charge is -2.16. The van der Waals surface area contributed by atoms with Crippen molar-refractivity contribution in [3.63, 3.8) is 0 Å². The topological polar surface area (TPSA) is 0 Å². The van der Waals surface area contributed by atoms with Crippen molar-refractivity contribution in [2.75, 3.05) is 0 Å². The van der Waals surface area contributed by atoms with Crippen LogP contribution in [-0.4, -0.2) is 0 Å². The van der Waals surface area contributed by atoms with Gasteiger partial charge in [0.2, 0.25) is 0 Å². The van der Waals surface area contributed by atoms with Crippen molar-refractivity contribution in [3.05, 3.63) is 242 Å². The highest BCUT2D eigenvalue weighted by atomic mass is 32.1. The summed E-state index contributed by atoms with van der Waals surface area (Å²) in [5, 5.41) is 15.7. The van der Waals surface area contributed by atoms with Crippen LogP contribution in [0.4, 0.5) is 17.6 Å². The van der Waals surface area contributed by atoms with Crippen LogP contribution in [0.15, 0.2) is 218 Å². The summed E-state index contributed by atoms with van der Waals surface area (Å²) in [6.07, 6.45) is 0. The van der Waals surface area contributed by atoms with Crippen molar-refractivity contribution < 1.29 is 17.6 Å². The van der Waals surface area contributed by atoms with E-state index in [2.05, 4.69) is 121 Å². The monoisotopic (exact) mass is 944 g/mol. The molecule has 0 atom stereocenters. The first-order valence-corrected chi connectivity index (χ1v) is 24.6. The van der Waals surface area contributed by atoms with E-state index >= 15 is 0 Å². The molecular weight excluding hydrogens is 909 g/mol. The van der Waals surface area contributed by atoms with Gasteiger partial charge >= 0.3 is 0 Å². The molecule has 0 aliphatic carbocycles. The third-order valence-electron chi connectivity index (χ3n) is 13.5. The molecule has 70 heavy (non-hydrogen) atoms. The Bertz CT molecular complexity index is 4040. The maximum absolute atomic E-state index is 14.1. The Labute approximate surface area is 407 Å². The minimum Gasteiger partial charge on any atom is -0.207 e. The van der Waals surface area contributed by atoms with Gasteiger partial charge in [0.05, 0.1) is 0 Å². The van der Waals surface area contributed by atoms with E-state index in [1.54, 1.807) is 0 Å². The summed E-state index contributed by atoms with van der Waals surface area (Å²) >= 11 is 3.77. The van der Waals surface area contributed by atoms with Gasteiger partial charge in [-0.1, -0.05) is 133 Å². The number of hydrogen-bond acceptors (Lipinski definition) is 2. The van der Waals surface area contributed by atoms with Crippen LogP contribution >= 0.6 is 22.7 Å². The van der Waals surface area contributed by atoms with E-state index in [1.807, 2.05) is 83.3 Å². The van der Waals surface area contributed by atoms with E-state index in [1.165, 1.54) is 97.6 Å². The fraction of sp³-hybridized carbons (Fsp3) is 0. The lowest BCUT2D eigenvalue weighted by Crippen LogP contribution is -1.91. The second kappa shape index (κ2) is 16.8. The van der Waals surface area contributed by atoms with Crippen LogP contribution in [0.2, 0.25) is 0 Å². The maximum atomic E-state index is 14.1. The van der Waals surface area contributed by atoms with E-state index < -0.39 is 23.3 Å². The first kappa shape index (κ1) is 42.0. The van der Waals surface area contributed by atoms with E-state index in [0.717, 1.165) is 44.5 Å². The lowest BCUT2D eigenvalue weighted by atomic mass is 9.87. The van der Waals surface area contributed by atoms with Gasteiger partial charge < -0.3 is 0 Å². The van der Waals surface area contributed by atoms with Crippen molar-refractivity contribution in [1.82, 2.24) is 0 Å². The number of halogens is 4. The average Bonchev–Trinajstić information content (AvgIpc) is 4.02. The van der Waals surface area contributed by atoms with Gasteiger partial charge in [-0.3, -0.25) is 0 Å². The summed E-state index contributed by atoms with van der Waals surface area (Å²) in [6, 6.07) is 70.9. The molecule has 2 aromatic heterocycles. The van der Waals surface area contributed by atoms with Crippen molar-refractivity contribution in [2.45, 2.75) is 0 Å². The first-order chi connectivity index (χ1) is 34.3. The second-order valence-corrected chi connectivity index (χ2v) is 19.8. The molecule has 0 N–H and O–H groups in total. The van der Waals surface area contributed by atoms with Crippen LogP contribution in [0, 0.1) is 23.3 Å². The van der Waals surface area contributed by atoms with Gasteiger partial charge in [-0.2, -0.15) is 0 Å². The molecule has 0 amide bonds. The number of thiophene rings is 2. The summed E-state index contributed by atoms with van der Waals surface area (Å²) in [5.41, 5.74) is 4.93. The molecule has 2 heterocycles. The fourth-order valence-corrected chi connectivity index (χ4v) is 12.6. The normalized spacial score (nSPS) is 11.7. The number of fused-ring (bicyclic) bond motifs is 12. The summed E-state index contributed by atoms with van der Waals surface area (Å²) in [7, 11) is 0. The number of rotatable bonds is 4. The molecule has 0 fully saturated rings. The zero-order valence-electron chi connectivity index (χ0n) is 37.1. The summed E-state index contributed by atoms with van der Waals surface area (Å²) in [5.74, 6) is -2.58. The van der Waals surface area contributed by atoms with E-state index in [4.69, 9.17) is 0 Å². The second-order valence-electron chi connectivity index (χ2n) is 17.7. The van der Waals surface area contributed by atoms with Crippen LogP contribution in [0.25, 0.3) is 128 Å². The summed E-state index contributed by atoms with van der Waals surface area (Å²) in [6.45, 7) is 0. The smallest absolute Gasteiger partial charge is 0.126 e. The molecule has 6 heteroatoms. The molecule has 0 saturated carbocycles. The van der Waals surface area contributed by atoms with Gasteiger partial charge in [0, 0.05) is 42.4 Å². The SMILES string of the molecule is Fc1cc(F)cc(-c2cc3c4ccccc4c(-c4cc(F)cc(F)c4)cc3c3ccccc23)c1.c1ccc2sc(-c3cc4c5ccccc5c(-c5cc6ccccc6s5)cc4c4ccccc34)cc2c1. The predicted octanol–water partition coefficient (Wildman–Crippen LogP) is 19.9. The van der Waals surface area contributed by atoms with E-state index in [0.29, 0.717) is 22.3 Å². The third kappa shape index (κ3) is 7.18. The molecule has 14 rings (SSSR count). The highest BCUT2D eigenvalue weighted by Crippen LogP contribution is 2.46. The van der Waals surface area contributed by atoms with Crippen molar-refractivity contribution in [2.24, 2.45) is 0 Å². The summed E-state index contributed by atoms with van der Waals surface area (Å²) in [4.78, 5) is 2.65. The van der Waals surface area contributed by atoms with Crippen LogP contribution in [0.5, 0.6) is 0 Å². The summed E-state index contributed by atoms with van der Waals surface area (Å²) < 4.78 is 59.0. The van der Waals surface area contributed by atoms with Crippen molar-refractivity contribution >= 4 is 107 Å². The van der Waals surface area contributed by atoms with Crippen LogP contribution in [-0.2, 0) is 0 Å². The molecule has 12 aromatic carbocycles. The van der Waals surface area contributed by atoms with Crippen LogP contribution < -0.4 is 0 Å². The Morgan fingerprint density at radius 1 is 0.229 bits per heavy atom. The Hall–Kier alpha value is -8.16. The van der Waals surface area contributed by atoms with Crippen LogP contribution in [0.1, 0.15) is 0 Å². The van der Waals surface area contributed by atoms with Gasteiger partial charge in [0.15, 0.2) is 0 Å². The third-order valence-corrected chi connectivity index (χ3v) is 15.8. The van der Waals surface area contributed by atoms with E-state index in [-0.39, 0.29) is 0 Å². The molecule has 0 aliphatic rings. The zero-order chi connectivity index (χ0) is 47.0. The Kier molecular flexibility index (Phi) is 10.1. The van der Waals surface area contributed by atoms with Gasteiger partial charge in [0.1, 0.15) is 23.3 Å². The molecule has 0 nitrogen and oxygen atoms in total. The maximum Gasteiger partial charge on any atom is 0.126 e. The van der Waals surface area contributed by atoms with Crippen LogP contribution in [0.3, 0.4) is 0 Å². The first-order valence-electron chi connectivity index (χ1n) is 23.0. The molecule has 332 valence electrons. The molecule has 0 aliphatic heterocycles.